The first-order chi connectivity index (χ1) is 8.99. The maximum Gasteiger partial charge on any atom is 0.205 e. The van der Waals surface area contributed by atoms with E-state index in [9.17, 15) is 17.6 Å². The van der Waals surface area contributed by atoms with Crippen molar-refractivity contribution in [3.8, 4) is 0 Å². The Morgan fingerprint density at radius 2 is 1.53 bits per heavy atom. The van der Waals surface area contributed by atoms with Crippen LogP contribution in [-0.4, -0.2) is 13.1 Å². The van der Waals surface area contributed by atoms with Crippen LogP contribution in [0.15, 0.2) is 10.5 Å². The van der Waals surface area contributed by atoms with Gasteiger partial charge in [0.1, 0.15) is 6.54 Å². The van der Waals surface area contributed by atoms with Gasteiger partial charge in [0.05, 0.1) is 18.5 Å². The molecule has 19 heavy (non-hydrogen) atoms. The minimum Gasteiger partial charge on any atom is -0.452 e. The van der Waals surface area contributed by atoms with E-state index < -0.39 is 28.9 Å². The zero-order valence-corrected chi connectivity index (χ0v) is 10.6. The third-order valence-corrected chi connectivity index (χ3v) is 3.22. The van der Waals surface area contributed by atoms with Crippen LogP contribution in [0.2, 0.25) is 0 Å². The lowest BCUT2D eigenvalue weighted by molar-refractivity contribution is -0.911. The molecule has 0 radical (unpaired) electrons. The van der Waals surface area contributed by atoms with Crippen LogP contribution in [0, 0.1) is 23.3 Å². The highest BCUT2D eigenvalue weighted by Gasteiger charge is 2.24. The summed E-state index contributed by atoms with van der Waals surface area (Å²) in [6.07, 6.45) is 0. The number of hydrogen-bond donors (Lipinski definition) is 1. The van der Waals surface area contributed by atoms with Gasteiger partial charge in [0.25, 0.3) is 0 Å². The topological polar surface area (TPSA) is 17.6 Å². The molecule has 1 heterocycles. The molecule has 2 rings (SSSR count). The second-order valence-electron chi connectivity index (χ2n) is 4.35. The zero-order chi connectivity index (χ0) is 14.2. The Morgan fingerprint density at radius 1 is 0.947 bits per heavy atom. The Balaban J connectivity index is 2.51. The molecule has 0 bridgehead atoms. The van der Waals surface area contributed by atoms with Gasteiger partial charge in [-0.1, -0.05) is 0 Å². The third kappa shape index (κ3) is 2.32. The molecule has 1 aromatic carbocycles. The lowest BCUT2D eigenvalue weighted by Crippen LogP contribution is -3.10. The largest absolute Gasteiger partial charge is 0.452 e. The summed E-state index contributed by atoms with van der Waals surface area (Å²) in [5.41, 5.74) is -0.571. The van der Waals surface area contributed by atoms with Gasteiger partial charge < -0.3 is 9.32 Å². The van der Waals surface area contributed by atoms with Crippen LogP contribution in [0.3, 0.4) is 0 Å². The Bertz CT molecular complexity index is 559. The summed E-state index contributed by atoms with van der Waals surface area (Å²) in [4.78, 5) is 1.13. The van der Waals surface area contributed by atoms with Crippen molar-refractivity contribution in [3.63, 3.8) is 0 Å². The monoisotopic (exact) mass is 276 g/mol. The average Bonchev–Trinajstić information content (AvgIpc) is 2.84. The molecule has 6 heteroatoms. The Hall–Kier alpha value is -1.56. The van der Waals surface area contributed by atoms with Crippen molar-refractivity contribution in [3.05, 3.63) is 35.1 Å². The van der Waals surface area contributed by atoms with Gasteiger partial charge in [-0.2, -0.15) is 4.39 Å². The van der Waals surface area contributed by atoms with Gasteiger partial charge in [0.15, 0.2) is 23.0 Å². The molecule has 1 aromatic heterocycles. The van der Waals surface area contributed by atoms with Crippen LogP contribution in [0.1, 0.15) is 19.6 Å². The van der Waals surface area contributed by atoms with Crippen LogP contribution < -0.4 is 4.90 Å². The molecule has 1 N–H and O–H groups in total. The molecule has 0 spiro atoms. The smallest absolute Gasteiger partial charge is 0.205 e. The minimum absolute atomic E-state index is 0.302. The van der Waals surface area contributed by atoms with E-state index in [1.54, 1.807) is 0 Å². The summed E-state index contributed by atoms with van der Waals surface area (Å²) in [6, 6.07) is 1.22. The van der Waals surface area contributed by atoms with Gasteiger partial charge in [0.2, 0.25) is 11.6 Å². The predicted molar refractivity (Wildman–Crippen MR) is 61.8 cm³/mol. The summed E-state index contributed by atoms with van der Waals surface area (Å²) in [5.74, 6) is -6.27. The molecule has 0 fully saturated rings. The first kappa shape index (κ1) is 13.9. The molecule has 0 aliphatic rings. The molecule has 104 valence electrons. The van der Waals surface area contributed by atoms with Crippen LogP contribution in [0.25, 0.3) is 11.0 Å². The average molecular weight is 276 g/mol. The van der Waals surface area contributed by atoms with Gasteiger partial charge in [0, 0.05) is 0 Å². The SMILES string of the molecule is CC[NH+](CC)Cc1cc2c(F)c(F)c(F)c(F)c2o1. The predicted octanol–water partition coefficient (Wildman–Crippen LogP) is 2.41. The number of nitrogens with one attached hydrogen (secondary N) is 1. The standard InChI is InChI=1S/C13H13F4NO/c1-3-18(4-2)6-7-5-8-9(14)10(15)11(16)12(17)13(8)19-7/h5H,3-4,6H2,1-2H3/p+1. The lowest BCUT2D eigenvalue weighted by atomic mass is 10.2. The van der Waals surface area contributed by atoms with E-state index in [1.807, 2.05) is 13.8 Å². The Morgan fingerprint density at radius 3 is 2.11 bits per heavy atom. The van der Waals surface area contributed by atoms with E-state index in [-0.39, 0.29) is 5.39 Å². The molecule has 0 aliphatic carbocycles. The van der Waals surface area contributed by atoms with E-state index in [0.29, 0.717) is 12.3 Å². The van der Waals surface area contributed by atoms with Crippen LogP contribution >= 0.6 is 0 Å². The number of furan rings is 1. The van der Waals surface area contributed by atoms with Crippen molar-refractivity contribution in [2.45, 2.75) is 20.4 Å². The molecule has 0 saturated carbocycles. The molecule has 2 nitrogen and oxygen atoms in total. The van der Waals surface area contributed by atoms with Gasteiger partial charge in [-0.25, -0.2) is 13.2 Å². The van der Waals surface area contributed by atoms with Crippen molar-refractivity contribution in [1.82, 2.24) is 0 Å². The van der Waals surface area contributed by atoms with Crippen molar-refractivity contribution in [1.29, 1.82) is 0 Å². The number of quaternary nitrogens is 1. The van der Waals surface area contributed by atoms with Gasteiger partial charge in [-0.3, -0.25) is 0 Å². The summed E-state index contributed by atoms with van der Waals surface area (Å²) in [7, 11) is 0. The number of fused-ring (bicyclic) bond motifs is 1. The van der Waals surface area contributed by atoms with Crippen LogP contribution in [0.5, 0.6) is 0 Å². The fraction of sp³-hybridized carbons (Fsp3) is 0.385. The van der Waals surface area contributed by atoms with E-state index in [1.165, 1.54) is 6.07 Å². The highest BCUT2D eigenvalue weighted by atomic mass is 19.2. The highest BCUT2D eigenvalue weighted by Crippen LogP contribution is 2.29. The third-order valence-electron chi connectivity index (χ3n) is 3.22. The second-order valence-corrected chi connectivity index (χ2v) is 4.35. The van der Waals surface area contributed by atoms with Crippen molar-refractivity contribution < 1.29 is 26.9 Å². The van der Waals surface area contributed by atoms with Crippen molar-refractivity contribution >= 4 is 11.0 Å². The minimum atomic E-state index is -1.85. The first-order valence-electron chi connectivity index (χ1n) is 6.07. The summed E-state index contributed by atoms with van der Waals surface area (Å²) < 4.78 is 58.2. The maximum atomic E-state index is 13.5. The molecule has 0 saturated heterocycles. The van der Waals surface area contributed by atoms with E-state index >= 15 is 0 Å². The zero-order valence-electron chi connectivity index (χ0n) is 10.6. The maximum absolute atomic E-state index is 13.5. The Labute approximate surface area is 107 Å². The van der Waals surface area contributed by atoms with Crippen molar-refractivity contribution in [2.24, 2.45) is 0 Å². The second kappa shape index (κ2) is 5.21. The first-order valence-corrected chi connectivity index (χ1v) is 6.07. The van der Waals surface area contributed by atoms with E-state index in [4.69, 9.17) is 4.42 Å². The van der Waals surface area contributed by atoms with Crippen LogP contribution in [-0.2, 0) is 6.54 Å². The number of benzene rings is 1. The summed E-state index contributed by atoms with van der Waals surface area (Å²) >= 11 is 0. The van der Waals surface area contributed by atoms with E-state index in [2.05, 4.69) is 0 Å². The number of halogens is 4. The van der Waals surface area contributed by atoms with Gasteiger partial charge in [-0.15, -0.1) is 0 Å². The quantitative estimate of drug-likeness (QED) is 0.516. The van der Waals surface area contributed by atoms with Crippen LogP contribution in [0.4, 0.5) is 17.6 Å². The molecule has 0 aliphatic heterocycles. The summed E-state index contributed by atoms with van der Waals surface area (Å²) in [6.45, 7) is 5.94. The van der Waals surface area contributed by atoms with Gasteiger partial charge >= 0.3 is 0 Å². The fourth-order valence-electron chi connectivity index (χ4n) is 2.01. The van der Waals surface area contributed by atoms with E-state index in [0.717, 1.165) is 18.0 Å². The molecule has 0 amide bonds. The highest BCUT2D eigenvalue weighted by molar-refractivity contribution is 5.79. The number of hydrogen-bond acceptors (Lipinski definition) is 1. The molecular formula is C13H14F4NO+. The fourth-order valence-corrected chi connectivity index (χ4v) is 2.01. The Kier molecular flexibility index (Phi) is 3.80. The number of rotatable bonds is 4. The summed E-state index contributed by atoms with van der Waals surface area (Å²) in [5, 5.41) is -0.363. The van der Waals surface area contributed by atoms with Gasteiger partial charge in [-0.05, 0) is 19.9 Å². The lowest BCUT2D eigenvalue weighted by Gasteiger charge is -2.12. The van der Waals surface area contributed by atoms with Crippen molar-refractivity contribution in [2.75, 3.05) is 13.1 Å². The molecule has 0 atom stereocenters. The molecule has 2 aromatic rings. The normalized spacial score (nSPS) is 11.7. The molecular weight excluding hydrogens is 262 g/mol. The molecule has 0 unspecified atom stereocenters.